The molecule has 0 spiro atoms. The van der Waals surface area contributed by atoms with Gasteiger partial charge in [-0.25, -0.2) is 4.79 Å². The Bertz CT molecular complexity index is 915. The molecule has 0 atom stereocenters. The number of methoxy groups -OCH3 is 1. The summed E-state index contributed by atoms with van der Waals surface area (Å²) in [5, 5.41) is 0.760. The number of hydrogen-bond donors (Lipinski definition) is 0. The topological polar surface area (TPSA) is 77.0 Å². The van der Waals surface area contributed by atoms with E-state index in [4.69, 9.17) is 25.8 Å². The molecular formula is C23H29ClN4O4. The highest BCUT2D eigenvalue weighted by Gasteiger charge is 2.33. The summed E-state index contributed by atoms with van der Waals surface area (Å²) in [7, 11) is 3.20. The molecule has 0 bridgehead atoms. The molecule has 0 N–H and O–H groups in total. The Morgan fingerprint density at radius 1 is 1.19 bits per heavy atom. The zero-order valence-electron chi connectivity index (χ0n) is 18.5. The van der Waals surface area contributed by atoms with E-state index in [0.717, 1.165) is 48.8 Å². The molecule has 0 unspecified atom stereocenters. The second-order valence-electron chi connectivity index (χ2n) is 8.47. The molecule has 0 radical (unpaired) electrons. The third-order valence-corrected chi connectivity index (χ3v) is 6.30. The molecule has 1 saturated heterocycles. The molecule has 32 heavy (non-hydrogen) atoms. The van der Waals surface area contributed by atoms with E-state index in [1.165, 1.54) is 32.3 Å². The van der Waals surface area contributed by atoms with Gasteiger partial charge in [0.1, 0.15) is 5.75 Å². The highest BCUT2D eigenvalue weighted by Crippen LogP contribution is 2.33. The van der Waals surface area contributed by atoms with E-state index in [1.54, 1.807) is 11.9 Å². The molecule has 1 amide bonds. The average Bonchev–Trinajstić information content (AvgIpc) is 3.27. The molecule has 1 aromatic heterocycles. The monoisotopic (exact) mass is 460 g/mol. The molecule has 2 aliphatic rings. The van der Waals surface area contributed by atoms with Crippen molar-refractivity contribution in [2.45, 2.75) is 38.3 Å². The molecular weight excluding hydrogens is 432 g/mol. The minimum absolute atomic E-state index is 0.139. The van der Waals surface area contributed by atoms with E-state index in [2.05, 4.69) is 20.9 Å². The summed E-state index contributed by atoms with van der Waals surface area (Å²) < 4.78 is 16.3. The SMILES string of the molecule is COc1ncc(OC(=O)N(C)CC2CC(Oc3ccc(CN4CCCC4)c(Cl)c3)C2)cn1. The van der Waals surface area contributed by atoms with Crippen LogP contribution in [0.3, 0.4) is 0 Å². The number of carbonyl (C=O) groups excluding carboxylic acids is 1. The smallest absolute Gasteiger partial charge is 0.415 e. The standard InChI is InChI=1S/C23H29ClN4O4/c1-27(23(29)32-20-12-25-22(30-2)26-13-20)14-16-9-19(10-16)31-18-6-5-17(21(24)11-18)15-28-7-3-4-8-28/h5-6,11-13,16,19H,3-4,7-10,14-15H2,1-2H3. The van der Waals surface area contributed by atoms with Gasteiger partial charge >= 0.3 is 12.1 Å². The van der Waals surface area contributed by atoms with Crippen LogP contribution in [-0.4, -0.2) is 65.8 Å². The average molecular weight is 461 g/mol. The van der Waals surface area contributed by atoms with Gasteiger partial charge in [-0.05, 0) is 62.4 Å². The van der Waals surface area contributed by atoms with Gasteiger partial charge in [-0.1, -0.05) is 17.7 Å². The molecule has 1 saturated carbocycles. The Morgan fingerprint density at radius 3 is 2.56 bits per heavy atom. The van der Waals surface area contributed by atoms with Crippen LogP contribution in [0.5, 0.6) is 17.5 Å². The number of likely N-dealkylation sites (tertiary alicyclic amines) is 1. The second-order valence-corrected chi connectivity index (χ2v) is 8.87. The molecule has 9 heteroatoms. The highest BCUT2D eigenvalue weighted by molar-refractivity contribution is 6.31. The number of rotatable bonds is 8. The Kier molecular flexibility index (Phi) is 7.32. The number of halogens is 1. The van der Waals surface area contributed by atoms with Crippen LogP contribution in [0.1, 0.15) is 31.2 Å². The van der Waals surface area contributed by atoms with Gasteiger partial charge in [0.05, 0.1) is 25.6 Å². The second kappa shape index (κ2) is 10.4. The van der Waals surface area contributed by atoms with Crippen molar-refractivity contribution in [3.63, 3.8) is 0 Å². The summed E-state index contributed by atoms with van der Waals surface area (Å²) in [6.07, 6.45) is 6.82. The van der Waals surface area contributed by atoms with Crippen molar-refractivity contribution in [1.82, 2.24) is 19.8 Å². The van der Waals surface area contributed by atoms with Crippen LogP contribution < -0.4 is 14.2 Å². The van der Waals surface area contributed by atoms with Gasteiger partial charge in [-0.15, -0.1) is 0 Å². The molecule has 1 aromatic carbocycles. The minimum atomic E-state index is -0.441. The third kappa shape index (κ3) is 5.81. The van der Waals surface area contributed by atoms with Crippen LogP contribution in [0.2, 0.25) is 5.02 Å². The predicted octanol–water partition coefficient (Wildman–Crippen LogP) is 4.02. The van der Waals surface area contributed by atoms with Crippen LogP contribution in [-0.2, 0) is 6.54 Å². The number of amides is 1. The van der Waals surface area contributed by atoms with E-state index >= 15 is 0 Å². The van der Waals surface area contributed by atoms with E-state index in [-0.39, 0.29) is 17.9 Å². The van der Waals surface area contributed by atoms with Gasteiger partial charge in [-0.3, -0.25) is 4.90 Å². The molecule has 2 fully saturated rings. The van der Waals surface area contributed by atoms with Gasteiger partial charge in [0.15, 0.2) is 5.75 Å². The van der Waals surface area contributed by atoms with Crippen molar-refractivity contribution in [3.05, 3.63) is 41.2 Å². The predicted molar refractivity (Wildman–Crippen MR) is 120 cm³/mol. The lowest BCUT2D eigenvalue weighted by atomic mass is 9.82. The van der Waals surface area contributed by atoms with E-state index in [1.807, 2.05) is 12.1 Å². The van der Waals surface area contributed by atoms with Crippen LogP contribution in [0.25, 0.3) is 0 Å². The summed E-state index contributed by atoms with van der Waals surface area (Å²) >= 11 is 6.49. The zero-order valence-corrected chi connectivity index (χ0v) is 19.3. The number of carbonyl (C=O) groups is 1. The van der Waals surface area contributed by atoms with E-state index in [0.29, 0.717) is 12.5 Å². The molecule has 2 heterocycles. The highest BCUT2D eigenvalue weighted by atomic mass is 35.5. The fourth-order valence-electron chi connectivity index (χ4n) is 4.13. The summed E-state index contributed by atoms with van der Waals surface area (Å²) in [4.78, 5) is 24.1. The van der Waals surface area contributed by atoms with Crippen LogP contribution in [0, 0.1) is 5.92 Å². The zero-order chi connectivity index (χ0) is 22.5. The fourth-order valence-corrected chi connectivity index (χ4v) is 4.36. The van der Waals surface area contributed by atoms with Crippen LogP contribution in [0.15, 0.2) is 30.6 Å². The molecule has 4 rings (SSSR count). The van der Waals surface area contributed by atoms with Gasteiger partial charge in [-0.2, -0.15) is 9.97 Å². The van der Waals surface area contributed by atoms with Crippen molar-refractivity contribution in [1.29, 1.82) is 0 Å². The first kappa shape index (κ1) is 22.6. The maximum Gasteiger partial charge on any atom is 0.415 e. The normalized spacial score (nSPS) is 20.5. The lowest BCUT2D eigenvalue weighted by Gasteiger charge is -2.37. The molecule has 8 nitrogen and oxygen atoms in total. The van der Waals surface area contributed by atoms with Crippen LogP contribution in [0.4, 0.5) is 4.79 Å². The van der Waals surface area contributed by atoms with Crippen molar-refractivity contribution < 1.29 is 19.0 Å². The number of nitrogens with zero attached hydrogens (tertiary/aromatic N) is 4. The Balaban J connectivity index is 1.19. The largest absolute Gasteiger partial charge is 0.490 e. The van der Waals surface area contributed by atoms with Crippen molar-refractivity contribution in [2.75, 3.05) is 33.8 Å². The Hall–Kier alpha value is -2.58. The molecule has 1 aliphatic heterocycles. The quantitative estimate of drug-likeness (QED) is 0.588. The van der Waals surface area contributed by atoms with Gasteiger partial charge in [0.2, 0.25) is 0 Å². The van der Waals surface area contributed by atoms with Gasteiger partial charge in [0.25, 0.3) is 0 Å². The maximum atomic E-state index is 12.3. The molecule has 2 aromatic rings. The molecule has 172 valence electrons. The van der Waals surface area contributed by atoms with Crippen LogP contribution >= 0.6 is 11.6 Å². The van der Waals surface area contributed by atoms with Crippen molar-refractivity contribution in [3.8, 4) is 17.5 Å². The van der Waals surface area contributed by atoms with Gasteiger partial charge in [0, 0.05) is 25.2 Å². The van der Waals surface area contributed by atoms with E-state index < -0.39 is 6.09 Å². The van der Waals surface area contributed by atoms with Crippen molar-refractivity contribution in [2.24, 2.45) is 5.92 Å². The first-order chi connectivity index (χ1) is 15.5. The minimum Gasteiger partial charge on any atom is -0.490 e. The lowest BCUT2D eigenvalue weighted by molar-refractivity contribution is 0.0483. The number of aromatic nitrogens is 2. The number of hydrogen-bond acceptors (Lipinski definition) is 7. The Labute approximate surface area is 193 Å². The number of ether oxygens (including phenoxy) is 3. The Morgan fingerprint density at radius 2 is 1.91 bits per heavy atom. The summed E-state index contributed by atoms with van der Waals surface area (Å²) in [5.41, 5.74) is 1.15. The summed E-state index contributed by atoms with van der Waals surface area (Å²) in [6, 6.07) is 6.21. The maximum absolute atomic E-state index is 12.3. The number of benzene rings is 1. The summed E-state index contributed by atoms with van der Waals surface area (Å²) in [5.74, 6) is 1.45. The fraction of sp³-hybridized carbons (Fsp3) is 0.522. The first-order valence-corrected chi connectivity index (χ1v) is 11.3. The van der Waals surface area contributed by atoms with E-state index in [9.17, 15) is 4.79 Å². The van der Waals surface area contributed by atoms with Gasteiger partial charge < -0.3 is 19.1 Å². The van der Waals surface area contributed by atoms with Crippen molar-refractivity contribution >= 4 is 17.7 Å². The third-order valence-electron chi connectivity index (χ3n) is 5.95. The first-order valence-electron chi connectivity index (χ1n) is 11.0. The molecule has 1 aliphatic carbocycles. The lowest BCUT2D eigenvalue weighted by Crippen LogP contribution is -2.42. The summed E-state index contributed by atoms with van der Waals surface area (Å²) in [6.45, 7) is 3.79.